The van der Waals surface area contributed by atoms with Gasteiger partial charge in [-0.1, -0.05) is 18.5 Å². The number of hydrogen-bond donors (Lipinski definition) is 2. The predicted molar refractivity (Wildman–Crippen MR) is 58.3 cm³/mol. The summed E-state index contributed by atoms with van der Waals surface area (Å²) in [6.07, 6.45) is -3.33. The maximum absolute atomic E-state index is 12.4. The SMILES string of the molecule is CCCn1ncc(Cl)c1C(CC(F)(F)F)NN. The first-order valence-corrected chi connectivity index (χ1v) is 5.51. The van der Waals surface area contributed by atoms with E-state index in [0.29, 0.717) is 6.54 Å². The quantitative estimate of drug-likeness (QED) is 0.638. The molecule has 1 heterocycles. The Hall–Kier alpha value is -0.790. The lowest BCUT2D eigenvalue weighted by Gasteiger charge is -2.19. The highest BCUT2D eigenvalue weighted by Gasteiger charge is 2.34. The molecule has 0 aliphatic rings. The lowest BCUT2D eigenvalue weighted by atomic mass is 10.1. The topological polar surface area (TPSA) is 55.9 Å². The highest BCUT2D eigenvalue weighted by molar-refractivity contribution is 6.31. The molecule has 1 aromatic rings. The van der Waals surface area contributed by atoms with Gasteiger partial charge in [0.2, 0.25) is 0 Å². The number of hydrogen-bond acceptors (Lipinski definition) is 3. The van der Waals surface area contributed by atoms with Gasteiger partial charge in [0.25, 0.3) is 0 Å². The van der Waals surface area contributed by atoms with E-state index in [1.807, 2.05) is 6.92 Å². The first-order chi connectivity index (χ1) is 7.89. The molecule has 17 heavy (non-hydrogen) atoms. The van der Waals surface area contributed by atoms with Gasteiger partial charge < -0.3 is 0 Å². The maximum atomic E-state index is 12.4. The number of aryl methyl sites for hydroxylation is 1. The zero-order valence-electron chi connectivity index (χ0n) is 9.26. The maximum Gasteiger partial charge on any atom is 0.391 e. The van der Waals surface area contributed by atoms with E-state index in [2.05, 4.69) is 10.5 Å². The average molecular weight is 271 g/mol. The second-order valence-corrected chi connectivity index (χ2v) is 4.05. The fourth-order valence-corrected chi connectivity index (χ4v) is 1.85. The fraction of sp³-hybridized carbons (Fsp3) is 0.667. The molecule has 1 rings (SSSR count). The lowest BCUT2D eigenvalue weighted by Crippen LogP contribution is -2.33. The van der Waals surface area contributed by atoms with Gasteiger partial charge in [0.05, 0.1) is 29.4 Å². The predicted octanol–water partition coefficient (Wildman–Crippen LogP) is 2.40. The number of nitrogens with two attached hydrogens (primary N) is 1. The van der Waals surface area contributed by atoms with Gasteiger partial charge in [-0.15, -0.1) is 0 Å². The van der Waals surface area contributed by atoms with Crippen LogP contribution in [0.2, 0.25) is 5.02 Å². The summed E-state index contributed by atoms with van der Waals surface area (Å²) in [5.41, 5.74) is 2.41. The Morgan fingerprint density at radius 3 is 2.71 bits per heavy atom. The van der Waals surface area contributed by atoms with Crippen molar-refractivity contribution in [3.63, 3.8) is 0 Å². The number of rotatable bonds is 5. The van der Waals surface area contributed by atoms with Crippen LogP contribution in [0, 0.1) is 0 Å². The molecule has 1 atom stereocenters. The third kappa shape index (κ3) is 3.86. The van der Waals surface area contributed by atoms with Crippen LogP contribution in [0.25, 0.3) is 0 Å². The first-order valence-electron chi connectivity index (χ1n) is 5.13. The van der Waals surface area contributed by atoms with Crippen LogP contribution >= 0.6 is 11.6 Å². The Bertz CT molecular complexity index is 364. The minimum Gasteiger partial charge on any atom is -0.271 e. The normalized spacial score (nSPS) is 14.0. The molecule has 0 spiro atoms. The number of nitrogens with zero attached hydrogens (tertiary/aromatic N) is 2. The van der Waals surface area contributed by atoms with Gasteiger partial charge in [0, 0.05) is 6.54 Å². The molecule has 0 aliphatic carbocycles. The van der Waals surface area contributed by atoms with Crippen molar-refractivity contribution < 1.29 is 13.2 Å². The van der Waals surface area contributed by atoms with Crippen LogP contribution in [0.1, 0.15) is 31.5 Å². The van der Waals surface area contributed by atoms with Gasteiger partial charge >= 0.3 is 6.18 Å². The van der Waals surface area contributed by atoms with Crippen LogP contribution in [-0.2, 0) is 6.54 Å². The molecule has 1 aromatic heterocycles. The van der Waals surface area contributed by atoms with Crippen molar-refractivity contribution >= 4 is 11.6 Å². The number of hydrazine groups is 1. The van der Waals surface area contributed by atoms with Gasteiger partial charge in [-0.2, -0.15) is 18.3 Å². The van der Waals surface area contributed by atoms with Crippen molar-refractivity contribution in [2.45, 2.75) is 38.5 Å². The van der Waals surface area contributed by atoms with Gasteiger partial charge in [0.1, 0.15) is 0 Å². The van der Waals surface area contributed by atoms with Crippen LogP contribution in [0.4, 0.5) is 13.2 Å². The van der Waals surface area contributed by atoms with E-state index in [0.717, 1.165) is 6.42 Å². The zero-order chi connectivity index (χ0) is 13.1. The van der Waals surface area contributed by atoms with E-state index in [1.165, 1.54) is 10.9 Å². The molecule has 4 nitrogen and oxygen atoms in total. The summed E-state index contributed by atoms with van der Waals surface area (Å²) < 4.78 is 38.5. The number of aromatic nitrogens is 2. The van der Waals surface area contributed by atoms with E-state index < -0.39 is 18.6 Å². The largest absolute Gasteiger partial charge is 0.391 e. The molecule has 98 valence electrons. The Balaban J connectivity index is 2.98. The van der Waals surface area contributed by atoms with Crippen molar-refractivity contribution in [3.8, 4) is 0 Å². The Morgan fingerprint density at radius 1 is 1.59 bits per heavy atom. The minimum atomic E-state index is -4.32. The smallest absolute Gasteiger partial charge is 0.271 e. The van der Waals surface area contributed by atoms with Crippen LogP contribution in [-0.4, -0.2) is 16.0 Å². The van der Waals surface area contributed by atoms with E-state index in [4.69, 9.17) is 17.4 Å². The molecule has 1 unspecified atom stereocenters. The zero-order valence-corrected chi connectivity index (χ0v) is 10.0. The summed E-state index contributed by atoms with van der Waals surface area (Å²) >= 11 is 5.84. The Morgan fingerprint density at radius 2 is 2.24 bits per heavy atom. The second kappa shape index (κ2) is 5.70. The summed E-state index contributed by atoms with van der Waals surface area (Å²) in [7, 11) is 0. The summed E-state index contributed by atoms with van der Waals surface area (Å²) in [5.74, 6) is 5.16. The third-order valence-electron chi connectivity index (χ3n) is 2.24. The number of alkyl halides is 3. The van der Waals surface area contributed by atoms with Crippen LogP contribution in [0.15, 0.2) is 6.20 Å². The number of halogens is 4. The molecule has 0 saturated carbocycles. The second-order valence-electron chi connectivity index (χ2n) is 3.64. The van der Waals surface area contributed by atoms with Crippen LogP contribution in [0.5, 0.6) is 0 Å². The number of nitrogens with one attached hydrogen (secondary N) is 1. The summed E-state index contributed by atoms with van der Waals surface area (Å²) in [5, 5.41) is 4.11. The molecule has 3 N–H and O–H groups in total. The molecule has 0 saturated heterocycles. The van der Waals surface area contributed by atoms with Crippen molar-refractivity contribution in [2.75, 3.05) is 0 Å². The molecule has 0 fully saturated rings. The van der Waals surface area contributed by atoms with Crippen LogP contribution < -0.4 is 11.3 Å². The molecule has 0 amide bonds. The van der Waals surface area contributed by atoms with E-state index in [9.17, 15) is 13.2 Å². The Kier molecular flexibility index (Phi) is 4.79. The standard InChI is InChI=1S/C9H14ClF3N4/c1-2-3-17-8(6(10)5-15-17)7(16-14)4-9(11,12)13/h5,7,16H,2-4,14H2,1H3. The average Bonchev–Trinajstić information content (AvgIpc) is 2.56. The fourth-order valence-electron chi connectivity index (χ4n) is 1.57. The van der Waals surface area contributed by atoms with E-state index in [-0.39, 0.29) is 10.7 Å². The summed E-state index contributed by atoms with van der Waals surface area (Å²) in [6, 6.07) is -1.09. The van der Waals surface area contributed by atoms with E-state index in [1.54, 1.807) is 0 Å². The summed E-state index contributed by atoms with van der Waals surface area (Å²) in [4.78, 5) is 0. The van der Waals surface area contributed by atoms with Gasteiger partial charge in [-0.25, -0.2) is 0 Å². The van der Waals surface area contributed by atoms with Crippen molar-refractivity contribution in [3.05, 3.63) is 16.9 Å². The van der Waals surface area contributed by atoms with Gasteiger partial charge in [-0.05, 0) is 6.42 Å². The Labute approximate surface area is 102 Å². The first kappa shape index (κ1) is 14.3. The molecule has 0 aliphatic heterocycles. The van der Waals surface area contributed by atoms with Crippen molar-refractivity contribution in [1.29, 1.82) is 0 Å². The van der Waals surface area contributed by atoms with Crippen LogP contribution in [0.3, 0.4) is 0 Å². The minimum absolute atomic E-state index is 0.186. The summed E-state index contributed by atoms with van der Waals surface area (Å²) in [6.45, 7) is 2.39. The van der Waals surface area contributed by atoms with Crippen molar-refractivity contribution in [1.82, 2.24) is 15.2 Å². The monoisotopic (exact) mass is 270 g/mol. The third-order valence-corrected chi connectivity index (χ3v) is 2.53. The van der Waals surface area contributed by atoms with E-state index >= 15 is 0 Å². The van der Waals surface area contributed by atoms with Gasteiger partial charge in [-0.3, -0.25) is 16.0 Å². The highest BCUT2D eigenvalue weighted by Crippen LogP contribution is 2.32. The molecule has 0 aromatic carbocycles. The highest BCUT2D eigenvalue weighted by atomic mass is 35.5. The van der Waals surface area contributed by atoms with Gasteiger partial charge in [0.15, 0.2) is 0 Å². The molecule has 0 bridgehead atoms. The molecular formula is C9H14ClF3N4. The lowest BCUT2D eigenvalue weighted by molar-refractivity contribution is -0.140. The molecular weight excluding hydrogens is 257 g/mol. The molecule has 0 radical (unpaired) electrons. The van der Waals surface area contributed by atoms with Crippen molar-refractivity contribution in [2.24, 2.45) is 5.84 Å². The molecule has 8 heteroatoms.